The molecule has 0 aliphatic rings. The molecule has 2 unspecified atom stereocenters. The standard InChI is InChI=1S/C35H39FN2O7/c1-21(2)33-32(35(43)37-28-15-14-27(44-3)20-29(28)45-4)31(22-8-6-5-7-9-22)34(23-10-12-24(36)13-11-23)38(33)17-16-25(39)18-26(40)19-30(41)42/h5-15,20-21,25-26,39-40H,16-19H2,1-4H3,(H,37,43)(H,41,42). The maximum atomic E-state index is 14.4. The minimum Gasteiger partial charge on any atom is -0.497 e. The molecule has 10 heteroatoms. The van der Waals surface area contributed by atoms with Gasteiger partial charge >= 0.3 is 5.97 Å². The zero-order valence-electron chi connectivity index (χ0n) is 25.8. The first-order chi connectivity index (χ1) is 21.5. The number of halogens is 1. The quantitative estimate of drug-likeness (QED) is 0.130. The number of amides is 1. The molecule has 1 amide bonds. The average molecular weight is 619 g/mol. The SMILES string of the molecule is COc1ccc(NC(=O)c2c(-c3ccccc3)c(-c3ccc(F)cc3)n(CCC(O)CC(O)CC(=O)O)c2C(C)C)c(OC)c1. The topological polar surface area (TPSA) is 130 Å². The molecule has 0 radical (unpaired) electrons. The van der Waals surface area contributed by atoms with Crippen LogP contribution in [-0.2, 0) is 11.3 Å². The van der Waals surface area contributed by atoms with Gasteiger partial charge < -0.3 is 34.7 Å². The van der Waals surface area contributed by atoms with Crippen molar-refractivity contribution in [1.82, 2.24) is 4.57 Å². The van der Waals surface area contributed by atoms with E-state index in [1.54, 1.807) is 30.3 Å². The van der Waals surface area contributed by atoms with Gasteiger partial charge in [-0.2, -0.15) is 0 Å². The van der Waals surface area contributed by atoms with E-state index in [4.69, 9.17) is 14.6 Å². The molecule has 1 aromatic heterocycles. The summed E-state index contributed by atoms with van der Waals surface area (Å²) in [5.74, 6) is -1.15. The van der Waals surface area contributed by atoms with Crippen molar-refractivity contribution in [2.24, 2.45) is 0 Å². The Hall–Kier alpha value is -4.67. The lowest BCUT2D eigenvalue weighted by Crippen LogP contribution is -2.22. The summed E-state index contributed by atoms with van der Waals surface area (Å²) in [7, 11) is 3.04. The number of ether oxygens (including phenoxy) is 2. The van der Waals surface area contributed by atoms with Crippen molar-refractivity contribution >= 4 is 17.6 Å². The number of aliphatic hydroxyl groups is 2. The van der Waals surface area contributed by atoms with Gasteiger partial charge in [-0.05, 0) is 66.3 Å². The molecule has 0 aliphatic heterocycles. The van der Waals surface area contributed by atoms with E-state index in [1.807, 2.05) is 48.7 Å². The maximum Gasteiger partial charge on any atom is 0.305 e. The fourth-order valence-corrected chi connectivity index (χ4v) is 5.57. The highest BCUT2D eigenvalue weighted by molar-refractivity contribution is 6.13. The van der Waals surface area contributed by atoms with E-state index in [1.165, 1.54) is 26.4 Å². The third-order valence-electron chi connectivity index (χ3n) is 7.55. The largest absolute Gasteiger partial charge is 0.497 e. The first-order valence-corrected chi connectivity index (χ1v) is 14.7. The fourth-order valence-electron chi connectivity index (χ4n) is 5.57. The molecule has 0 aliphatic carbocycles. The molecule has 3 aromatic carbocycles. The van der Waals surface area contributed by atoms with Crippen LogP contribution in [0.3, 0.4) is 0 Å². The Kier molecular flexibility index (Phi) is 11.0. The number of carbonyl (C=O) groups excluding carboxylic acids is 1. The molecular weight excluding hydrogens is 579 g/mol. The van der Waals surface area contributed by atoms with Crippen molar-refractivity contribution in [3.8, 4) is 33.9 Å². The van der Waals surface area contributed by atoms with Crippen molar-refractivity contribution in [2.45, 2.75) is 57.8 Å². The molecule has 238 valence electrons. The van der Waals surface area contributed by atoms with Gasteiger partial charge in [0.1, 0.15) is 17.3 Å². The van der Waals surface area contributed by atoms with E-state index in [0.29, 0.717) is 45.3 Å². The number of carboxylic acid groups (broad SMARTS) is 1. The number of carboxylic acids is 1. The average Bonchev–Trinajstić information content (AvgIpc) is 3.36. The Labute approximate surface area is 261 Å². The summed E-state index contributed by atoms with van der Waals surface area (Å²) in [6.45, 7) is 4.17. The van der Waals surface area contributed by atoms with E-state index >= 15 is 0 Å². The van der Waals surface area contributed by atoms with Crippen molar-refractivity contribution in [1.29, 1.82) is 0 Å². The first-order valence-electron chi connectivity index (χ1n) is 14.7. The molecule has 0 saturated heterocycles. The van der Waals surface area contributed by atoms with Crippen LogP contribution in [0.4, 0.5) is 10.1 Å². The van der Waals surface area contributed by atoms with Gasteiger partial charge in [-0.25, -0.2) is 4.39 Å². The first kappa shape index (κ1) is 33.2. The van der Waals surface area contributed by atoms with Gasteiger partial charge in [0, 0.05) is 23.9 Å². The van der Waals surface area contributed by atoms with Crippen molar-refractivity contribution in [3.63, 3.8) is 0 Å². The Morgan fingerprint density at radius 3 is 2.20 bits per heavy atom. The number of anilines is 1. The second kappa shape index (κ2) is 14.9. The lowest BCUT2D eigenvalue weighted by atomic mass is 9.94. The predicted octanol–water partition coefficient (Wildman–Crippen LogP) is 6.33. The lowest BCUT2D eigenvalue weighted by Gasteiger charge is -2.20. The van der Waals surface area contributed by atoms with E-state index in [2.05, 4.69) is 5.32 Å². The molecule has 0 spiro atoms. The molecule has 0 fully saturated rings. The van der Waals surface area contributed by atoms with Crippen LogP contribution in [-0.4, -0.2) is 58.2 Å². The van der Waals surface area contributed by atoms with Crippen LogP contribution in [0.5, 0.6) is 11.5 Å². The highest BCUT2D eigenvalue weighted by atomic mass is 19.1. The number of nitrogens with one attached hydrogen (secondary N) is 1. The van der Waals surface area contributed by atoms with Crippen LogP contribution < -0.4 is 14.8 Å². The van der Waals surface area contributed by atoms with E-state index in [-0.39, 0.29) is 31.2 Å². The molecule has 4 rings (SSSR count). The van der Waals surface area contributed by atoms with Gasteiger partial charge in [0.05, 0.1) is 49.8 Å². The summed E-state index contributed by atoms with van der Waals surface area (Å²) in [5, 5.41) is 33.0. The summed E-state index contributed by atoms with van der Waals surface area (Å²) in [6.07, 6.45) is -2.64. The summed E-state index contributed by atoms with van der Waals surface area (Å²) in [5.41, 5.74) is 4.27. The third-order valence-corrected chi connectivity index (χ3v) is 7.55. The number of aliphatic hydroxyl groups excluding tert-OH is 2. The second-order valence-corrected chi connectivity index (χ2v) is 11.1. The number of aromatic nitrogens is 1. The number of hydrogen-bond acceptors (Lipinski definition) is 6. The summed E-state index contributed by atoms with van der Waals surface area (Å²) >= 11 is 0. The van der Waals surface area contributed by atoms with Crippen molar-refractivity contribution in [2.75, 3.05) is 19.5 Å². The number of hydrogen-bond donors (Lipinski definition) is 4. The van der Waals surface area contributed by atoms with Gasteiger partial charge in [0.2, 0.25) is 0 Å². The summed E-state index contributed by atoms with van der Waals surface area (Å²) in [4.78, 5) is 25.4. The minimum absolute atomic E-state index is 0.118. The van der Waals surface area contributed by atoms with E-state index < -0.39 is 30.4 Å². The molecule has 4 N–H and O–H groups in total. The zero-order valence-corrected chi connectivity index (χ0v) is 25.8. The Morgan fingerprint density at radius 1 is 0.911 bits per heavy atom. The molecular formula is C35H39FN2O7. The van der Waals surface area contributed by atoms with Crippen molar-refractivity contribution in [3.05, 3.63) is 89.9 Å². The number of carbonyl (C=O) groups is 2. The Morgan fingerprint density at radius 2 is 1.60 bits per heavy atom. The highest BCUT2D eigenvalue weighted by Gasteiger charge is 2.31. The molecule has 1 heterocycles. The normalized spacial score (nSPS) is 12.5. The van der Waals surface area contributed by atoms with Crippen LogP contribution in [0.15, 0.2) is 72.8 Å². The third kappa shape index (κ3) is 7.89. The number of aliphatic carboxylic acids is 1. The number of nitrogens with zero attached hydrogens (tertiary/aromatic N) is 1. The van der Waals surface area contributed by atoms with Crippen LogP contribution >= 0.6 is 0 Å². The van der Waals surface area contributed by atoms with Crippen molar-refractivity contribution < 1.29 is 38.8 Å². The van der Waals surface area contributed by atoms with Crippen LogP contribution in [0.25, 0.3) is 22.4 Å². The van der Waals surface area contributed by atoms with E-state index in [9.17, 15) is 24.2 Å². The van der Waals surface area contributed by atoms with Gasteiger partial charge in [-0.3, -0.25) is 9.59 Å². The molecule has 45 heavy (non-hydrogen) atoms. The van der Waals surface area contributed by atoms with E-state index in [0.717, 1.165) is 5.56 Å². The molecule has 4 aromatic rings. The number of rotatable bonds is 14. The smallest absolute Gasteiger partial charge is 0.305 e. The van der Waals surface area contributed by atoms with Gasteiger partial charge in [-0.15, -0.1) is 0 Å². The fraction of sp³-hybridized carbons (Fsp3) is 0.314. The molecule has 2 atom stereocenters. The Balaban J connectivity index is 1.91. The molecule has 0 saturated carbocycles. The zero-order chi connectivity index (χ0) is 32.7. The number of benzene rings is 3. The minimum atomic E-state index is -1.20. The van der Waals surface area contributed by atoms with Crippen LogP contribution in [0.2, 0.25) is 0 Å². The Bertz CT molecular complexity index is 1620. The molecule has 0 bridgehead atoms. The lowest BCUT2D eigenvalue weighted by molar-refractivity contribution is -0.139. The monoisotopic (exact) mass is 618 g/mol. The molecule has 9 nitrogen and oxygen atoms in total. The van der Waals surface area contributed by atoms with Gasteiger partial charge in [0.15, 0.2) is 0 Å². The van der Waals surface area contributed by atoms with Gasteiger partial charge in [-0.1, -0.05) is 44.2 Å². The highest BCUT2D eigenvalue weighted by Crippen LogP contribution is 2.43. The van der Waals surface area contributed by atoms with Gasteiger partial charge in [0.25, 0.3) is 5.91 Å². The number of methoxy groups -OCH3 is 2. The van der Waals surface area contributed by atoms with Crippen LogP contribution in [0, 0.1) is 5.82 Å². The predicted molar refractivity (Wildman–Crippen MR) is 170 cm³/mol. The maximum absolute atomic E-state index is 14.4. The second-order valence-electron chi connectivity index (χ2n) is 11.1. The summed E-state index contributed by atoms with van der Waals surface area (Å²) < 4.78 is 26.9. The summed E-state index contributed by atoms with van der Waals surface area (Å²) in [6, 6.07) is 20.5. The van der Waals surface area contributed by atoms with Crippen LogP contribution in [0.1, 0.15) is 55.1 Å².